The van der Waals surface area contributed by atoms with Crippen LogP contribution in [0.25, 0.3) is 0 Å². The van der Waals surface area contributed by atoms with Gasteiger partial charge in [-0.25, -0.2) is 12.8 Å². The largest absolute Gasteiger partial charge is 0.494 e. The minimum atomic E-state index is -4.33. The van der Waals surface area contributed by atoms with E-state index in [2.05, 4.69) is 5.32 Å². The number of anilines is 1. The van der Waals surface area contributed by atoms with Gasteiger partial charge in [-0.1, -0.05) is 79.4 Å². The van der Waals surface area contributed by atoms with Gasteiger partial charge in [0, 0.05) is 19.0 Å². The van der Waals surface area contributed by atoms with E-state index in [1.165, 1.54) is 29.2 Å². The summed E-state index contributed by atoms with van der Waals surface area (Å²) in [4.78, 5) is 30.3. The number of amides is 2. The third-order valence-corrected chi connectivity index (χ3v) is 10.6. The number of hydrogen-bond acceptors (Lipinski definition) is 5. The van der Waals surface area contributed by atoms with Crippen LogP contribution >= 0.6 is 0 Å². The molecule has 1 N–H and O–H groups in total. The molecule has 0 spiro atoms. The lowest BCUT2D eigenvalue weighted by molar-refractivity contribution is -0.140. The molecule has 10 heteroatoms. The highest BCUT2D eigenvalue weighted by Crippen LogP contribution is 2.27. The molecule has 0 saturated heterocycles. The molecule has 8 nitrogen and oxygen atoms in total. The smallest absolute Gasteiger partial charge is 0.264 e. The summed E-state index contributed by atoms with van der Waals surface area (Å²) < 4.78 is 49.0. The second kappa shape index (κ2) is 16.6. The molecule has 1 saturated carbocycles. The molecule has 0 unspecified atom stereocenters. The summed E-state index contributed by atoms with van der Waals surface area (Å²) in [7, 11) is -4.33. The first kappa shape index (κ1) is 35.6. The summed E-state index contributed by atoms with van der Waals surface area (Å²) in [5.74, 6) is -0.891. The minimum Gasteiger partial charge on any atom is -0.494 e. The molecule has 0 bridgehead atoms. The molecule has 0 heterocycles. The third kappa shape index (κ3) is 9.47. The van der Waals surface area contributed by atoms with Crippen molar-refractivity contribution in [2.45, 2.75) is 75.9 Å². The highest BCUT2D eigenvalue weighted by molar-refractivity contribution is 7.92. The molecule has 0 aromatic heterocycles. The van der Waals surface area contributed by atoms with E-state index in [1.54, 1.807) is 12.1 Å². The lowest BCUT2D eigenvalue weighted by Gasteiger charge is -2.35. The quantitative estimate of drug-likeness (QED) is 0.157. The van der Waals surface area contributed by atoms with Crippen molar-refractivity contribution in [1.82, 2.24) is 10.2 Å². The van der Waals surface area contributed by atoms with Crippen LogP contribution in [0, 0.1) is 12.7 Å². The van der Waals surface area contributed by atoms with Crippen molar-refractivity contribution >= 4 is 27.5 Å². The molecular formula is C39H44FN3O5S. The Hall–Kier alpha value is -4.70. The van der Waals surface area contributed by atoms with Crippen LogP contribution in [0.4, 0.5) is 10.1 Å². The molecule has 4 aromatic rings. The highest BCUT2D eigenvalue weighted by Gasteiger charge is 2.35. The fourth-order valence-corrected chi connectivity index (χ4v) is 7.54. The van der Waals surface area contributed by atoms with Gasteiger partial charge in [0.1, 0.15) is 24.2 Å². The molecule has 4 aromatic carbocycles. The number of carbonyl (C=O) groups excluding carboxylic acids is 2. The van der Waals surface area contributed by atoms with Crippen LogP contribution in [-0.4, -0.2) is 50.4 Å². The van der Waals surface area contributed by atoms with Crippen LogP contribution in [0.15, 0.2) is 108 Å². The second-order valence-electron chi connectivity index (χ2n) is 12.4. The Morgan fingerprint density at radius 2 is 1.51 bits per heavy atom. The standard InChI is InChI=1S/C39H44FN3O5S/c1-3-48-35-22-24-36(25-23-35)49(46,47)43(34-20-18-32(40)19-21-34)28-38(44)42(27-31-16-14-29(2)15-17-31)37(26-30-10-6-4-7-11-30)39(45)41-33-12-8-5-9-13-33/h4,6-7,10-11,14-25,33,37H,3,5,8-9,12-13,26-28H2,1-2H3,(H,41,45)/t37-/m0/s1. The minimum absolute atomic E-state index is 0.00611. The van der Waals surface area contributed by atoms with Gasteiger partial charge >= 0.3 is 0 Å². The van der Waals surface area contributed by atoms with Gasteiger partial charge in [0.25, 0.3) is 10.0 Å². The monoisotopic (exact) mass is 685 g/mol. The number of carbonyl (C=O) groups is 2. The molecule has 1 aliphatic carbocycles. The van der Waals surface area contributed by atoms with Gasteiger partial charge in [-0.05, 0) is 86.3 Å². The van der Waals surface area contributed by atoms with E-state index in [0.29, 0.717) is 12.4 Å². The zero-order valence-electron chi connectivity index (χ0n) is 28.1. The van der Waals surface area contributed by atoms with Crippen molar-refractivity contribution in [2.75, 3.05) is 17.5 Å². The fraction of sp³-hybridized carbons (Fsp3) is 0.333. The zero-order chi connectivity index (χ0) is 34.8. The number of benzene rings is 4. The van der Waals surface area contributed by atoms with Crippen molar-refractivity contribution in [3.63, 3.8) is 0 Å². The number of hydrogen-bond donors (Lipinski definition) is 1. The number of ether oxygens (including phenoxy) is 1. The molecule has 0 aliphatic heterocycles. The van der Waals surface area contributed by atoms with Gasteiger partial charge in [-0.3, -0.25) is 13.9 Å². The van der Waals surface area contributed by atoms with Crippen LogP contribution in [0.5, 0.6) is 5.75 Å². The van der Waals surface area contributed by atoms with E-state index in [4.69, 9.17) is 4.74 Å². The molecule has 258 valence electrons. The third-order valence-electron chi connectivity index (χ3n) is 8.81. The Kier molecular flexibility index (Phi) is 12.1. The first-order valence-electron chi connectivity index (χ1n) is 16.8. The molecule has 1 fully saturated rings. The van der Waals surface area contributed by atoms with E-state index in [1.807, 2.05) is 68.4 Å². The van der Waals surface area contributed by atoms with Crippen LogP contribution < -0.4 is 14.4 Å². The Bertz CT molecular complexity index is 1780. The van der Waals surface area contributed by atoms with Gasteiger partial charge in [0.05, 0.1) is 17.2 Å². The van der Waals surface area contributed by atoms with E-state index >= 15 is 0 Å². The fourth-order valence-electron chi connectivity index (χ4n) is 6.13. The Morgan fingerprint density at radius 1 is 0.857 bits per heavy atom. The predicted molar refractivity (Wildman–Crippen MR) is 189 cm³/mol. The van der Waals surface area contributed by atoms with Gasteiger partial charge in [-0.2, -0.15) is 0 Å². The van der Waals surface area contributed by atoms with Crippen molar-refractivity contribution in [3.05, 3.63) is 126 Å². The molecule has 49 heavy (non-hydrogen) atoms. The van der Waals surface area contributed by atoms with E-state index in [-0.39, 0.29) is 35.5 Å². The summed E-state index contributed by atoms with van der Waals surface area (Å²) in [6.45, 7) is 3.67. The summed E-state index contributed by atoms with van der Waals surface area (Å²) in [5.41, 5.74) is 2.82. The lowest BCUT2D eigenvalue weighted by atomic mass is 9.94. The molecule has 1 aliphatic rings. The van der Waals surface area contributed by atoms with Gasteiger partial charge in [0.15, 0.2) is 0 Å². The SMILES string of the molecule is CCOc1ccc(S(=O)(=O)N(CC(=O)N(Cc2ccc(C)cc2)[C@@H](Cc2ccccc2)C(=O)NC2CCCCC2)c2ccc(F)cc2)cc1. The van der Waals surface area contributed by atoms with Crippen molar-refractivity contribution in [2.24, 2.45) is 0 Å². The van der Waals surface area contributed by atoms with Crippen LogP contribution in [0.2, 0.25) is 0 Å². The van der Waals surface area contributed by atoms with Gasteiger partial charge in [-0.15, -0.1) is 0 Å². The van der Waals surface area contributed by atoms with Crippen LogP contribution in [0.1, 0.15) is 55.7 Å². The second-order valence-corrected chi connectivity index (χ2v) is 14.3. The van der Waals surface area contributed by atoms with Gasteiger partial charge in [0.2, 0.25) is 11.8 Å². The number of nitrogens with one attached hydrogen (secondary N) is 1. The van der Waals surface area contributed by atoms with Crippen molar-refractivity contribution in [3.8, 4) is 5.75 Å². The first-order valence-corrected chi connectivity index (χ1v) is 18.3. The zero-order valence-corrected chi connectivity index (χ0v) is 28.9. The summed E-state index contributed by atoms with van der Waals surface area (Å²) >= 11 is 0. The summed E-state index contributed by atoms with van der Waals surface area (Å²) in [6.07, 6.45) is 5.15. The molecule has 5 rings (SSSR count). The number of nitrogens with zero attached hydrogens (tertiary/aromatic N) is 2. The van der Waals surface area contributed by atoms with Gasteiger partial charge < -0.3 is 15.0 Å². The topological polar surface area (TPSA) is 96.0 Å². The van der Waals surface area contributed by atoms with Crippen LogP contribution in [0.3, 0.4) is 0 Å². The van der Waals surface area contributed by atoms with E-state index < -0.39 is 34.3 Å². The Balaban J connectivity index is 1.55. The maximum Gasteiger partial charge on any atom is 0.264 e. The molecule has 0 radical (unpaired) electrons. The first-order chi connectivity index (χ1) is 23.6. The number of aryl methyl sites for hydroxylation is 1. The number of rotatable bonds is 14. The Labute approximate surface area is 289 Å². The van der Waals surface area contributed by atoms with Crippen molar-refractivity contribution in [1.29, 1.82) is 0 Å². The summed E-state index contributed by atoms with van der Waals surface area (Å²) in [6, 6.07) is 27.2. The Morgan fingerprint density at radius 3 is 2.14 bits per heavy atom. The molecule has 1 atom stereocenters. The average Bonchev–Trinajstić information content (AvgIpc) is 3.11. The van der Waals surface area contributed by atoms with Crippen LogP contribution in [-0.2, 0) is 32.6 Å². The summed E-state index contributed by atoms with van der Waals surface area (Å²) in [5, 5.41) is 3.21. The normalized spacial score (nSPS) is 14.1. The highest BCUT2D eigenvalue weighted by atomic mass is 32.2. The number of sulfonamides is 1. The predicted octanol–water partition coefficient (Wildman–Crippen LogP) is 6.82. The number of halogens is 1. The maximum absolute atomic E-state index is 14.7. The molecular weight excluding hydrogens is 642 g/mol. The molecule has 2 amide bonds. The average molecular weight is 686 g/mol. The van der Waals surface area contributed by atoms with E-state index in [9.17, 15) is 22.4 Å². The van der Waals surface area contributed by atoms with Crippen molar-refractivity contribution < 1.29 is 27.1 Å². The maximum atomic E-state index is 14.7. The lowest BCUT2D eigenvalue weighted by Crippen LogP contribution is -2.55. The van der Waals surface area contributed by atoms with E-state index in [0.717, 1.165) is 65.2 Å².